The number of hydrogen-bond donors (Lipinski definition) is 2. The van der Waals surface area contributed by atoms with E-state index in [4.69, 9.17) is 10.2 Å². The Kier molecular flexibility index (Phi) is 19.8. The van der Waals surface area contributed by atoms with Crippen molar-refractivity contribution in [2.75, 3.05) is 0 Å². The van der Waals surface area contributed by atoms with Gasteiger partial charge in [0.2, 0.25) is 0 Å². The molecular formula is C14H14Na2O8. The molecule has 24 heavy (non-hydrogen) atoms. The van der Waals surface area contributed by atoms with Crippen molar-refractivity contribution in [2.24, 2.45) is 0 Å². The molecule has 0 atom stereocenters. The van der Waals surface area contributed by atoms with Crippen molar-refractivity contribution in [2.45, 2.75) is 0 Å². The van der Waals surface area contributed by atoms with Crippen LogP contribution in [0.25, 0.3) is 0 Å². The van der Waals surface area contributed by atoms with Crippen LogP contribution in [0.5, 0.6) is 11.5 Å². The van der Waals surface area contributed by atoms with Crippen molar-refractivity contribution >= 4 is 11.9 Å². The van der Waals surface area contributed by atoms with Gasteiger partial charge in [0, 0.05) is 0 Å². The number of rotatable bonds is 2. The van der Waals surface area contributed by atoms with E-state index < -0.39 is 11.9 Å². The van der Waals surface area contributed by atoms with Crippen LogP contribution < -0.4 is 69.3 Å². The second kappa shape index (κ2) is 15.4. The molecule has 0 amide bonds. The van der Waals surface area contributed by atoms with Crippen molar-refractivity contribution < 1.29 is 100 Å². The molecule has 0 aromatic heterocycles. The molecule has 6 N–H and O–H groups in total. The second-order valence-electron chi connectivity index (χ2n) is 3.66. The normalized spacial score (nSPS) is 7.67. The maximum absolute atomic E-state index is 10.5. The van der Waals surface area contributed by atoms with E-state index in [1.807, 2.05) is 0 Å². The molecule has 2 aromatic carbocycles. The minimum Gasteiger partial charge on any atom is -0.872 e. The molecule has 0 saturated carbocycles. The first-order valence-corrected chi connectivity index (χ1v) is 5.41. The first-order valence-electron chi connectivity index (χ1n) is 5.41. The van der Waals surface area contributed by atoms with Gasteiger partial charge in [0.05, 0.1) is 11.1 Å². The third-order valence-electron chi connectivity index (χ3n) is 2.20. The van der Waals surface area contributed by atoms with Crippen LogP contribution in [0.15, 0.2) is 48.5 Å². The zero-order valence-electron chi connectivity index (χ0n) is 13.1. The molecule has 10 heteroatoms. The van der Waals surface area contributed by atoms with Crippen molar-refractivity contribution in [3.8, 4) is 11.5 Å². The summed E-state index contributed by atoms with van der Waals surface area (Å²) in [6.07, 6.45) is 0. The van der Waals surface area contributed by atoms with E-state index in [1.54, 1.807) is 0 Å². The standard InChI is InChI=1S/2C7H6O3.2Na.2H2O/c2*8-6-3-1-5(2-4-6)7(9)10;;;;/h2*1-4,8H,(H,9,10);;;2*1H2/q;;2*+1;;/p-2. The van der Waals surface area contributed by atoms with E-state index in [1.165, 1.54) is 48.5 Å². The molecule has 0 spiro atoms. The fourth-order valence-corrected chi connectivity index (χ4v) is 1.20. The zero-order valence-corrected chi connectivity index (χ0v) is 17.1. The minimum atomic E-state index is -1.01. The summed E-state index contributed by atoms with van der Waals surface area (Å²) in [6, 6.07) is 10.0. The van der Waals surface area contributed by atoms with Gasteiger partial charge in [-0.3, -0.25) is 0 Å². The van der Waals surface area contributed by atoms with Crippen molar-refractivity contribution in [1.82, 2.24) is 0 Å². The van der Waals surface area contributed by atoms with Crippen molar-refractivity contribution in [3.63, 3.8) is 0 Å². The topological polar surface area (TPSA) is 184 Å². The summed E-state index contributed by atoms with van der Waals surface area (Å²) in [6.45, 7) is 0. The molecule has 0 bridgehead atoms. The van der Waals surface area contributed by atoms with Gasteiger partial charge in [-0.25, -0.2) is 9.59 Å². The van der Waals surface area contributed by atoms with Gasteiger partial charge in [-0.1, -0.05) is 24.3 Å². The van der Waals surface area contributed by atoms with Crippen molar-refractivity contribution in [3.05, 3.63) is 59.7 Å². The fraction of sp³-hybridized carbons (Fsp3) is 0. The SMILES string of the molecule is O.O.O=C(O)c1ccc([O-])cc1.O=C(O)c1ccc([O-])cc1.[Na+].[Na+]. The molecule has 2 rings (SSSR count). The van der Waals surface area contributed by atoms with Crippen LogP contribution in [0.4, 0.5) is 0 Å². The van der Waals surface area contributed by atoms with Crippen LogP contribution >= 0.6 is 0 Å². The Hall–Kier alpha value is -1.10. The van der Waals surface area contributed by atoms with E-state index in [0.717, 1.165) is 0 Å². The van der Waals surface area contributed by atoms with Gasteiger partial charge in [-0.15, -0.1) is 11.5 Å². The number of carbonyl (C=O) groups is 2. The van der Waals surface area contributed by atoms with Crippen LogP contribution in [0.1, 0.15) is 20.7 Å². The zero-order chi connectivity index (χ0) is 15.1. The smallest absolute Gasteiger partial charge is 0.872 e. The van der Waals surface area contributed by atoms with Gasteiger partial charge in [0.15, 0.2) is 0 Å². The third-order valence-corrected chi connectivity index (χ3v) is 2.20. The summed E-state index contributed by atoms with van der Waals surface area (Å²) in [7, 11) is 0. The van der Waals surface area contributed by atoms with E-state index in [0.29, 0.717) is 0 Å². The Labute approximate surface area is 182 Å². The Morgan fingerprint density at radius 1 is 0.625 bits per heavy atom. The van der Waals surface area contributed by atoms with E-state index in [-0.39, 0.29) is 92.7 Å². The van der Waals surface area contributed by atoms with Crippen LogP contribution in [-0.2, 0) is 0 Å². The number of benzene rings is 2. The van der Waals surface area contributed by atoms with Crippen LogP contribution in [0.3, 0.4) is 0 Å². The molecule has 0 saturated heterocycles. The van der Waals surface area contributed by atoms with Crippen molar-refractivity contribution in [1.29, 1.82) is 0 Å². The molecule has 8 nitrogen and oxygen atoms in total. The number of aromatic carboxylic acids is 2. The Bertz CT molecular complexity index is 544. The van der Waals surface area contributed by atoms with Gasteiger partial charge in [0.25, 0.3) is 0 Å². The van der Waals surface area contributed by atoms with E-state index in [2.05, 4.69) is 0 Å². The number of carboxylic acid groups (broad SMARTS) is 2. The van der Waals surface area contributed by atoms with Crippen LogP contribution in [-0.4, -0.2) is 33.1 Å². The predicted octanol–water partition coefficient (Wildman–Crippen LogP) is -6.72. The molecule has 0 aliphatic heterocycles. The first kappa shape index (κ1) is 30.7. The molecule has 0 unspecified atom stereocenters. The average molecular weight is 356 g/mol. The predicted molar refractivity (Wildman–Crippen MR) is 72.9 cm³/mol. The number of hydrogen-bond acceptors (Lipinski definition) is 4. The minimum absolute atomic E-state index is 0. The van der Waals surface area contributed by atoms with Gasteiger partial charge in [0.1, 0.15) is 0 Å². The molecule has 0 fully saturated rings. The van der Waals surface area contributed by atoms with Gasteiger partial charge in [-0.2, -0.15) is 0 Å². The molecule has 2 aromatic rings. The summed E-state index contributed by atoms with van der Waals surface area (Å²) in [5.41, 5.74) is 0.277. The molecular weight excluding hydrogens is 342 g/mol. The molecule has 0 aliphatic rings. The second-order valence-corrected chi connectivity index (χ2v) is 3.66. The largest absolute Gasteiger partial charge is 1.00 e. The monoisotopic (exact) mass is 356 g/mol. The molecule has 0 aliphatic carbocycles. The Balaban J connectivity index is -0.000000143. The van der Waals surface area contributed by atoms with Crippen LogP contribution in [0.2, 0.25) is 0 Å². The van der Waals surface area contributed by atoms with Crippen LogP contribution in [0, 0.1) is 0 Å². The van der Waals surface area contributed by atoms with Gasteiger partial charge >= 0.3 is 71.1 Å². The summed E-state index contributed by atoms with van der Waals surface area (Å²) in [4.78, 5) is 20.4. The molecule has 0 heterocycles. The summed E-state index contributed by atoms with van der Waals surface area (Å²) in [5, 5.41) is 37.6. The number of carboxylic acids is 2. The fourth-order valence-electron chi connectivity index (χ4n) is 1.20. The molecule has 0 radical (unpaired) electrons. The van der Waals surface area contributed by atoms with Gasteiger partial charge < -0.3 is 31.4 Å². The maximum Gasteiger partial charge on any atom is 1.00 e. The quantitative estimate of drug-likeness (QED) is 0.504. The summed E-state index contributed by atoms with van der Waals surface area (Å²) < 4.78 is 0. The average Bonchev–Trinajstić information content (AvgIpc) is 2.40. The van der Waals surface area contributed by atoms with Gasteiger partial charge in [-0.05, 0) is 24.3 Å². The summed E-state index contributed by atoms with van der Waals surface area (Å²) in [5.74, 6) is -2.38. The molecule has 120 valence electrons. The summed E-state index contributed by atoms with van der Waals surface area (Å²) >= 11 is 0. The Morgan fingerprint density at radius 3 is 1.00 bits per heavy atom. The third kappa shape index (κ3) is 11.4. The first-order chi connectivity index (χ1) is 9.40. The van der Waals surface area contributed by atoms with E-state index >= 15 is 0 Å². The van der Waals surface area contributed by atoms with E-state index in [9.17, 15) is 19.8 Å². The Morgan fingerprint density at radius 2 is 0.833 bits per heavy atom. The maximum atomic E-state index is 10.5.